The Bertz CT molecular complexity index is 189. The van der Waals surface area contributed by atoms with Crippen molar-refractivity contribution in [3.05, 3.63) is 25.2 Å². The van der Waals surface area contributed by atoms with Crippen molar-refractivity contribution in [3.8, 4) is 0 Å². The van der Waals surface area contributed by atoms with Crippen molar-refractivity contribution in [1.29, 1.82) is 0 Å². The van der Waals surface area contributed by atoms with Gasteiger partial charge < -0.3 is 14.2 Å². The van der Waals surface area contributed by atoms with Crippen LogP contribution in [0.3, 0.4) is 0 Å². The minimum atomic E-state index is 0.471. The summed E-state index contributed by atoms with van der Waals surface area (Å²) in [5.74, 6) is 0.675. The molecule has 0 aromatic carbocycles. The van der Waals surface area contributed by atoms with Gasteiger partial charge in [-0.05, 0) is 0 Å². The van der Waals surface area contributed by atoms with E-state index in [-0.39, 0.29) is 0 Å². The molecule has 0 saturated carbocycles. The zero-order valence-electron chi connectivity index (χ0n) is 8.98. The van der Waals surface area contributed by atoms with Crippen molar-refractivity contribution in [2.24, 2.45) is 0 Å². The molecule has 0 aromatic heterocycles. The van der Waals surface area contributed by atoms with Crippen LogP contribution >= 0.6 is 0 Å². The molecule has 86 valence electrons. The predicted molar refractivity (Wildman–Crippen MR) is 59.3 cm³/mol. The van der Waals surface area contributed by atoms with Crippen molar-refractivity contribution >= 4 is 6.29 Å². The van der Waals surface area contributed by atoms with Crippen LogP contribution in [0.2, 0.25) is 0 Å². The zero-order valence-corrected chi connectivity index (χ0v) is 8.98. The Morgan fingerprint density at radius 3 is 2.67 bits per heavy atom. The maximum absolute atomic E-state index is 8.36. The quantitative estimate of drug-likeness (QED) is 0.228. The molecule has 0 rings (SSSR count). The second-order valence-corrected chi connectivity index (χ2v) is 2.76. The second-order valence-electron chi connectivity index (χ2n) is 2.76. The highest BCUT2D eigenvalue weighted by Crippen LogP contribution is 2.00. The molecule has 0 amide bonds. The molecule has 4 nitrogen and oxygen atoms in total. The molecule has 15 heavy (non-hydrogen) atoms. The number of rotatable bonds is 11. The van der Waals surface area contributed by atoms with Gasteiger partial charge in [0.15, 0.2) is 0 Å². The van der Waals surface area contributed by atoms with Gasteiger partial charge in [0.25, 0.3) is 6.29 Å². The van der Waals surface area contributed by atoms with E-state index < -0.39 is 0 Å². The Balaban J connectivity index is 3.16. The summed E-state index contributed by atoms with van der Waals surface area (Å²) in [6, 6.07) is 0. The third-order valence-electron chi connectivity index (χ3n) is 1.54. The number of aldehydes is 1. The van der Waals surface area contributed by atoms with Gasteiger partial charge in [-0.3, -0.25) is 4.79 Å². The van der Waals surface area contributed by atoms with E-state index in [0.717, 1.165) is 6.29 Å². The third-order valence-corrected chi connectivity index (χ3v) is 1.54. The van der Waals surface area contributed by atoms with E-state index in [1.807, 2.05) is 0 Å². The largest absolute Gasteiger partial charge is 0.501 e. The van der Waals surface area contributed by atoms with Gasteiger partial charge in [0, 0.05) is 6.42 Å². The lowest BCUT2D eigenvalue weighted by Crippen LogP contribution is -2.06. The van der Waals surface area contributed by atoms with Gasteiger partial charge in [-0.25, -0.2) is 0 Å². The van der Waals surface area contributed by atoms with Gasteiger partial charge in [0.1, 0.15) is 6.61 Å². The molecule has 0 spiro atoms. The molecule has 0 aromatic rings. The molecule has 0 radical (unpaired) electrons. The number of carbonyl (C=O) groups excluding carboxylic acids is 1. The number of ether oxygens (including phenoxy) is 3. The van der Waals surface area contributed by atoms with E-state index >= 15 is 0 Å². The van der Waals surface area contributed by atoms with E-state index in [1.54, 1.807) is 0 Å². The van der Waals surface area contributed by atoms with Crippen molar-refractivity contribution < 1.29 is 19.0 Å². The molecule has 4 heteroatoms. The van der Waals surface area contributed by atoms with E-state index in [0.29, 0.717) is 45.0 Å². The minimum absolute atomic E-state index is 0.471. The number of hydrogen-bond donors (Lipinski definition) is 0. The SMILES string of the molecule is C=COCCC(=C)OCCOCCC=[OH+]. The van der Waals surface area contributed by atoms with Crippen LogP contribution in [0.5, 0.6) is 0 Å². The average molecular weight is 215 g/mol. The first kappa shape index (κ1) is 13.7. The Kier molecular flexibility index (Phi) is 9.86. The summed E-state index contributed by atoms with van der Waals surface area (Å²) in [5, 5.41) is 0. The van der Waals surface area contributed by atoms with Gasteiger partial charge >= 0.3 is 0 Å². The maximum atomic E-state index is 8.36. The van der Waals surface area contributed by atoms with Crippen molar-refractivity contribution in [2.45, 2.75) is 12.8 Å². The molecular formula is C11H19O4+. The first-order chi connectivity index (χ1) is 7.31. The summed E-state index contributed by atoms with van der Waals surface area (Å²) in [6.45, 7) is 9.15. The molecule has 0 aliphatic rings. The highest BCUT2D eigenvalue weighted by atomic mass is 16.5. The molecule has 0 saturated heterocycles. The molecule has 0 unspecified atom stereocenters. The van der Waals surface area contributed by atoms with Crippen LogP contribution in [0.1, 0.15) is 12.8 Å². The Labute approximate surface area is 90.5 Å². The van der Waals surface area contributed by atoms with Crippen LogP contribution in [0, 0.1) is 0 Å². The highest BCUT2D eigenvalue weighted by Gasteiger charge is 1.95. The monoisotopic (exact) mass is 215 g/mol. The highest BCUT2D eigenvalue weighted by molar-refractivity contribution is 5.50. The first-order valence-corrected chi connectivity index (χ1v) is 4.88. The molecule has 0 fully saturated rings. The van der Waals surface area contributed by atoms with Crippen LogP contribution in [-0.2, 0) is 14.2 Å². The smallest absolute Gasteiger partial charge is 0.284 e. The summed E-state index contributed by atoms with van der Waals surface area (Å²) in [5.41, 5.74) is 0. The molecular weight excluding hydrogens is 196 g/mol. The summed E-state index contributed by atoms with van der Waals surface area (Å²) in [7, 11) is 0. The minimum Gasteiger partial charge on any atom is -0.501 e. The van der Waals surface area contributed by atoms with Gasteiger partial charge in [0.05, 0.1) is 38.3 Å². The Hall–Kier alpha value is -1.29. The molecule has 0 atom stereocenters. The number of hydrogen-bond acceptors (Lipinski definition) is 3. The maximum Gasteiger partial charge on any atom is 0.284 e. The fourth-order valence-electron chi connectivity index (χ4n) is 0.811. The van der Waals surface area contributed by atoms with Crippen LogP contribution in [0.15, 0.2) is 25.2 Å². The zero-order chi connectivity index (χ0) is 11.4. The lowest BCUT2D eigenvalue weighted by atomic mass is 10.4. The van der Waals surface area contributed by atoms with Crippen LogP contribution in [-0.4, -0.2) is 37.5 Å². The normalized spacial score (nSPS) is 9.33. The van der Waals surface area contributed by atoms with E-state index in [9.17, 15) is 0 Å². The van der Waals surface area contributed by atoms with Crippen LogP contribution in [0.25, 0.3) is 0 Å². The fraction of sp³-hybridized carbons (Fsp3) is 0.545. The van der Waals surface area contributed by atoms with Crippen molar-refractivity contribution in [1.82, 2.24) is 0 Å². The van der Waals surface area contributed by atoms with Gasteiger partial charge in [-0.1, -0.05) is 13.2 Å². The van der Waals surface area contributed by atoms with Gasteiger partial charge in [-0.15, -0.1) is 0 Å². The molecule has 0 aliphatic carbocycles. The van der Waals surface area contributed by atoms with E-state index in [2.05, 4.69) is 13.2 Å². The summed E-state index contributed by atoms with van der Waals surface area (Å²) < 4.78 is 15.3. The average Bonchev–Trinajstić information content (AvgIpc) is 2.23. The molecule has 0 bridgehead atoms. The topological polar surface area (TPSA) is 49.1 Å². The first-order valence-electron chi connectivity index (χ1n) is 4.88. The summed E-state index contributed by atoms with van der Waals surface area (Å²) >= 11 is 0. The van der Waals surface area contributed by atoms with Crippen LogP contribution in [0.4, 0.5) is 0 Å². The molecule has 1 N–H and O–H groups in total. The van der Waals surface area contributed by atoms with E-state index in [1.165, 1.54) is 6.26 Å². The molecule has 0 heterocycles. The van der Waals surface area contributed by atoms with Crippen molar-refractivity contribution in [2.75, 3.05) is 26.4 Å². The lowest BCUT2D eigenvalue weighted by molar-refractivity contribution is 0.0744. The van der Waals surface area contributed by atoms with Crippen molar-refractivity contribution in [3.63, 3.8) is 0 Å². The Morgan fingerprint density at radius 1 is 1.20 bits per heavy atom. The van der Waals surface area contributed by atoms with E-state index in [4.69, 9.17) is 19.0 Å². The lowest BCUT2D eigenvalue weighted by Gasteiger charge is -2.08. The van der Waals surface area contributed by atoms with Gasteiger partial charge in [-0.2, -0.15) is 0 Å². The van der Waals surface area contributed by atoms with Gasteiger partial charge in [0.2, 0.25) is 0 Å². The molecule has 0 aliphatic heterocycles. The third kappa shape index (κ3) is 10.6. The standard InChI is InChI=1S/C11H18O4/c1-3-13-8-5-11(2)15-10-9-14-7-4-6-12/h3,6H,1-2,4-5,7-10H2/p+1. The summed E-state index contributed by atoms with van der Waals surface area (Å²) in [4.78, 5) is 8.36. The predicted octanol–water partition coefficient (Wildman–Crippen LogP) is 1.65. The summed E-state index contributed by atoms with van der Waals surface area (Å²) in [6.07, 6.45) is 3.65. The Morgan fingerprint density at radius 2 is 2.00 bits per heavy atom. The second kappa shape index (κ2) is 10.8. The fourth-order valence-corrected chi connectivity index (χ4v) is 0.811. The van der Waals surface area contributed by atoms with Crippen LogP contribution < -0.4 is 0 Å².